The van der Waals surface area contributed by atoms with E-state index in [1.54, 1.807) is 0 Å². The Morgan fingerprint density at radius 1 is 0.586 bits per heavy atom. The third-order valence-corrected chi connectivity index (χ3v) is 5.92. The summed E-state index contributed by atoms with van der Waals surface area (Å²) in [7, 11) is 0. The monoisotopic (exact) mass is 399 g/mol. The predicted octanol–water partition coefficient (Wildman–Crippen LogP) is 10.2. The van der Waals surface area contributed by atoms with Crippen molar-refractivity contribution in [1.29, 1.82) is 0 Å². The average Bonchev–Trinajstić information content (AvgIpc) is 2.74. The lowest BCUT2D eigenvalue weighted by atomic mass is 10.0. The molecule has 0 aliphatic heterocycles. The van der Waals surface area contributed by atoms with Gasteiger partial charge >= 0.3 is 0 Å². The first kappa shape index (κ1) is 25.6. The van der Waals surface area contributed by atoms with E-state index < -0.39 is 0 Å². The highest BCUT2D eigenvalue weighted by Gasteiger charge is 1.97. The van der Waals surface area contributed by atoms with Crippen LogP contribution in [0.15, 0.2) is 29.4 Å². The summed E-state index contributed by atoms with van der Waals surface area (Å²) in [6.45, 7) is 2.29. The van der Waals surface area contributed by atoms with E-state index in [1.165, 1.54) is 121 Å². The topological polar surface area (TPSA) is 48.8 Å². The lowest BCUT2D eigenvalue weighted by Crippen LogP contribution is -1.86. The van der Waals surface area contributed by atoms with Crippen LogP contribution in [0.4, 0.5) is 5.69 Å². The van der Waals surface area contributed by atoms with E-state index in [2.05, 4.69) is 29.1 Å². The van der Waals surface area contributed by atoms with Crippen LogP contribution in [-0.2, 0) is 6.42 Å². The van der Waals surface area contributed by atoms with Crippen molar-refractivity contribution in [2.45, 2.75) is 129 Å². The first-order valence-electron chi connectivity index (χ1n) is 12.5. The number of unbranched alkanes of at least 4 members (excludes halogenated alkanes) is 17. The molecule has 164 valence electrons. The van der Waals surface area contributed by atoms with Crippen LogP contribution < -0.4 is 0 Å². The van der Waals surface area contributed by atoms with Crippen LogP contribution in [0, 0.1) is 0 Å². The van der Waals surface area contributed by atoms with E-state index in [4.69, 9.17) is 5.53 Å². The van der Waals surface area contributed by atoms with Gasteiger partial charge < -0.3 is 0 Å². The molecule has 0 aromatic heterocycles. The molecule has 29 heavy (non-hydrogen) atoms. The maximum absolute atomic E-state index is 8.42. The van der Waals surface area contributed by atoms with Crippen molar-refractivity contribution >= 4 is 5.69 Å². The number of nitrogens with zero attached hydrogens (tertiary/aromatic N) is 3. The molecule has 0 saturated heterocycles. The van der Waals surface area contributed by atoms with Gasteiger partial charge in [0.05, 0.1) is 0 Å². The summed E-state index contributed by atoms with van der Waals surface area (Å²) in [5, 5.41) is 3.61. The number of benzene rings is 1. The van der Waals surface area contributed by atoms with Gasteiger partial charge in [-0.1, -0.05) is 145 Å². The van der Waals surface area contributed by atoms with Gasteiger partial charge in [0, 0.05) is 10.6 Å². The van der Waals surface area contributed by atoms with Gasteiger partial charge in [-0.15, -0.1) is 0 Å². The fourth-order valence-electron chi connectivity index (χ4n) is 4.01. The SMILES string of the molecule is CCCCCCCCCCCCCCCCCCCCc1ccc(N=[N+]=[N-])cc1. The molecule has 3 heteroatoms. The molecule has 0 N–H and O–H groups in total. The van der Waals surface area contributed by atoms with E-state index >= 15 is 0 Å². The third-order valence-electron chi connectivity index (χ3n) is 5.92. The van der Waals surface area contributed by atoms with E-state index in [0.717, 1.165) is 6.42 Å². The summed E-state index contributed by atoms with van der Waals surface area (Å²) >= 11 is 0. The Hall–Kier alpha value is -1.47. The molecule has 0 radical (unpaired) electrons. The van der Waals surface area contributed by atoms with Crippen molar-refractivity contribution in [3.63, 3.8) is 0 Å². The number of aryl methyl sites for hydroxylation is 1. The second-order valence-corrected chi connectivity index (χ2v) is 8.62. The molecule has 0 atom stereocenters. The van der Waals surface area contributed by atoms with Crippen LogP contribution in [0.3, 0.4) is 0 Å². The molecule has 0 heterocycles. The molecule has 1 aromatic carbocycles. The lowest BCUT2D eigenvalue weighted by Gasteiger charge is -2.04. The van der Waals surface area contributed by atoms with Crippen molar-refractivity contribution in [3.05, 3.63) is 40.3 Å². The Balaban J connectivity index is 1.77. The zero-order chi connectivity index (χ0) is 20.8. The quantitative estimate of drug-likeness (QED) is 0.0906. The van der Waals surface area contributed by atoms with Gasteiger partial charge in [-0.05, 0) is 23.9 Å². The van der Waals surface area contributed by atoms with Gasteiger partial charge in [0.15, 0.2) is 0 Å². The van der Waals surface area contributed by atoms with Gasteiger partial charge in [-0.3, -0.25) is 0 Å². The number of hydrogen-bond donors (Lipinski definition) is 0. The van der Waals surface area contributed by atoms with Gasteiger partial charge in [-0.2, -0.15) is 0 Å². The molecular weight excluding hydrogens is 354 g/mol. The number of hydrogen-bond acceptors (Lipinski definition) is 1. The summed E-state index contributed by atoms with van der Waals surface area (Å²) < 4.78 is 0. The molecule has 1 aromatic rings. The fourth-order valence-corrected chi connectivity index (χ4v) is 4.01. The van der Waals surface area contributed by atoms with Crippen LogP contribution in [0.5, 0.6) is 0 Å². The van der Waals surface area contributed by atoms with Gasteiger partial charge in [0.25, 0.3) is 0 Å². The second-order valence-electron chi connectivity index (χ2n) is 8.62. The summed E-state index contributed by atoms with van der Waals surface area (Å²) in [6.07, 6.45) is 26.7. The minimum atomic E-state index is 0.703. The van der Waals surface area contributed by atoms with Crippen LogP contribution in [0.25, 0.3) is 10.4 Å². The Morgan fingerprint density at radius 3 is 1.34 bits per heavy atom. The molecule has 0 saturated carbocycles. The number of azide groups is 1. The van der Waals surface area contributed by atoms with Crippen LogP contribution >= 0.6 is 0 Å². The van der Waals surface area contributed by atoms with E-state index in [-0.39, 0.29) is 0 Å². The Kier molecular flexibility index (Phi) is 17.5. The molecule has 0 bridgehead atoms. The van der Waals surface area contributed by atoms with Crippen molar-refractivity contribution < 1.29 is 0 Å². The highest BCUT2D eigenvalue weighted by molar-refractivity contribution is 5.38. The van der Waals surface area contributed by atoms with Crippen LogP contribution in [0.2, 0.25) is 0 Å². The molecule has 0 unspecified atom stereocenters. The zero-order valence-electron chi connectivity index (χ0n) is 19.1. The van der Waals surface area contributed by atoms with Crippen molar-refractivity contribution in [3.8, 4) is 0 Å². The Bertz CT molecular complexity index is 517. The summed E-state index contributed by atoms with van der Waals surface area (Å²) in [4.78, 5) is 2.81. The molecule has 0 aliphatic rings. The minimum absolute atomic E-state index is 0.703. The zero-order valence-corrected chi connectivity index (χ0v) is 19.1. The predicted molar refractivity (Wildman–Crippen MR) is 128 cm³/mol. The van der Waals surface area contributed by atoms with E-state index in [1.807, 2.05) is 12.1 Å². The summed E-state index contributed by atoms with van der Waals surface area (Å²) in [5.41, 5.74) is 10.5. The molecule has 0 amide bonds. The molecule has 0 fully saturated rings. The number of rotatable bonds is 20. The van der Waals surface area contributed by atoms with Gasteiger partial charge in [0.1, 0.15) is 0 Å². The third kappa shape index (κ3) is 16.1. The Labute approximate surface area is 180 Å². The first-order chi connectivity index (χ1) is 14.4. The molecule has 0 aliphatic carbocycles. The fraction of sp³-hybridized carbons (Fsp3) is 0.769. The van der Waals surface area contributed by atoms with E-state index in [9.17, 15) is 0 Å². The maximum atomic E-state index is 8.42. The van der Waals surface area contributed by atoms with Gasteiger partial charge in [-0.25, -0.2) is 0 Å². The van der Waals surface area contributed by atoms with E-state index in [0.29, 0.717) is 5.69 Å². The highest BCUT2D eigenvalue weighted by Crippen LogP contribution is 2.17. The average molecular weight is 400 g/mol. The normalized spacial score (nSPS) is 10.8. The molecule has 0 spiro atoms. The first-order valence-corrected chi connectivity index (χ1v) is 12.5. The summed E-state index contributed by atoms with van der Waals surface area (Å²) in [6, 6.07) is 7.97. The van der Waals surface area contributed by atoms with Crippen LogP contribution in [-0.4, -0.2) is 0 Å². The molecular formula is C26H45N3. The van der Waals surface area contributed by atoms with Crippen molar-refractivity contribution in [1.82, 2.24) is 0 Å². The standard InChI is InChI=1S/C26H45N3/c1-2-3-4-5-6-7-8-9-10-11-12-13-14-15-16-17-18-19-20-25-21-23-26(24-22-25)28-29-27/h21-24H,2-20H2,1H3. The largest absolute Gasteiger partial charge is 0.0654 e. The lowest BCUT2D eigenvalue weighted by molar-refractivity contribution is 0.525. The summed E-state index contributed by atoms with van der Waals surface area (Å²) in [5.74, 6) is 0. The highest BCUT2D eigenvalue weighted by atomic mass is 15.1. The Morgan fingerprint density at radius 2 is 0.966 bits per heavy atom. The van der Waals surface area contributed by atoms with Crippen LogP contribution in [0.1, 0.15) is 128 Å². The van der Waals surface area contributed by atoms with Crippen molar-refractivity contribution in [2.24, 2.45) is 5.11 Å². The van der Waals surface area contributed by atoms with Crippen molar-refractivity contribution in [2.75, 3.05) is 0 Å². The molecule has 3 nitrogen and oxygen atoms in total. The molecule has 1 rings (SSSR count). The van der Waals surface area contributed by atoms with Gasteiger partial charge in [0.2, 0.25) is 0 Å². The second kappa shape index (κ2) is 19.8. The maximum Gasteiger partial charge on any atom is 0.0375 e. The smallest absolute Gasteiger partial charge is 0.0375 e. The minimum Gasteiger partial charge on any atom is -0.0654 e.